The lowest BCUT2D eigenvalue weighted by Gasteiger charge is -2.19. The molecule has 0 saturated carbocycles. The number of nitrogens with zero attached hydrogens (tertiary/aromatic N) is 3. The number of rotatable bonds is 9. The zero-order chi connectivity index (χ0) is 22.9. The van der Waals surface area contributed by atoms with E-state index >= 15 is 0 Å². The van der Waals surface area contributed by atoms with Crippen LogP contribution in [-0.2, 0) is 16.1 Å². The van der Waals surface area contributed by atoms with Gasteiger partial charge in [-0.3, -0.25) is 14.5 Å². The lowest BCUT2D eigenvalue weighted by atomic mass is 10.2. The van der Waals surface area contributed by atoms with Crippen molar-refractivity contribution in [2.45, 2.75) is 13.5 Å². The monoisotopic (exact) mass is 447 g/mol. The fraction of sp³-hybridized carbons (Fsp3) is 0.160. The number of ether oxygens (including phenoxy) is 1. The SMILES string of the molecule is C=CCN(Cc1ccc(OC)cc1)C(=O)C=Cc1csc(N(C(C)=O)c2ccccc2)n1. The zero-order valence-electron chi connectivity index (χ0n) is 18.1. The molecule has 6 nitrogen and oxygen atoms in total. The molecule has 164 valence electrons. The van der Waals surface area contributed by atoms with Crippen LogP contribution in [0, 0.1) is 0 Å². The van der Waals surface area contributed by atoms with Crippen LogP contribution in [0.3, 0.4) is 0 Å². The van der Waals surface area contributed by atoms with E-state index in [0.717, 1.165) is 17.0 Å². The molecule has 0 aliphatic carbocycles. The quantitative estimate of drug-likeness (QED) is 0.340. The molecule has 1 aromatic heterocycles. The van der Waals surface area contributed by atoms with Crippen molar-refractivity contribution in [2.75, 3.05) is 18.6 Å². The highest BCUT2D eigenvalue weighted by Crippen LogP contribution is 2.29. The van der Waals surface area contributed by atoms with Crippen molar-refractivity contribution in [3.8, 4) is 5.75 Å². The fourth-order valence-electron chi connectivity index (χ4n) is 3.06. The van der Waals surface area contributed by atoms with Gasteiger partial charge in [0.05, 0.1) is 18.5 Å². The summed E-state index contributed by atoms with van der Waals surface area (Å²) in [6.45, 7) is 6.12. The minimum absolute atomic E-state index is 0.131. The Labute approximate surface area is 192 Å². The van der Waals surface area contributed by atoms with Gasteiger partial charge in [-0.1, -0.05) is 36.4 Å². The van der Waals surface area contributed by atoms with E-state index in [1.807, 2.05) is 60.0 Å². The molecule has 1 heterocycles. The van der Waals surface area contributed by atoms with Crippen LogP contribution in [0.5, 0.6) is 5.75 Å². The van der Waals surface area contributed by atoms with E-state index in [1.54, 1.807) is 29.1 Å². The van der Waals surface area contributed by atoms with Gasteiger partial charge in [0.2, 0.25) is 11.8 Å². The van der Waals surface area contributed by atoms with Gasteiger partial charge in [0.1, 0.15) is 5.75 Å². The van der Waals surface area contributed by atoms with Gasteiger partial charge >= 0.3 is 0 Å². The third kappa shape index (κ3) is 5.92. The summed E-state index contributed by atoms with van der Waals surface area (Å²) in [5.74, 6) is 0.486. The van der Waals surface area contributed by atoms with Crippen molar-refractivity contribution in [1.29, 1.82) is 0 Å². The summed E-state index contributed by atoms with van der Waals surface area (Å²) in [6, 6.07) is 16.9. The molecular formula is C25H25N3O3S. The average molecular weight is 448 g/mol. The van der Waals surface area contributed by atoms with Gasteiger partial charge < -0.3 is 9.64 Å². The molecule has 0 N–H and O–H groups in total. The van der Waals surface area contributed by atoms with Crippen LogP contribution < -0.4 is 9.64 Å². The number of carbonyl (C=O) groups excluding carboxylic acids is 2. The van der Waals surface area contributed by atoms with E-state index in [0.29, 0.717) is 23.9 Å². The molecule has 0 aliphatic rings. The number of aromatic nitrogens is 1. The maximum Gasteiger partial charge on any atom is 0.247 e. The summed E-state index contributed by atoms with van der Waals surface area (Å²) in [7, 11) is 1.62. The van der Waals surface area contributed by atoms with Crippen LogP contribution in [0.1, 0.15) is 18.2 Å². The van der Waals surface area contributed by atoms with Gasteiger partial charge in [0, 0.05) is 31.5 Å². The Morgan fingerprint density at radius 2 is 1.84 bits per heavy atom. The molecule has 2 amide bonds. The van der Waals surface area contributed by atoms with E-state index in [2.05, 4.69) is 11.6 Å². The number of hydrogen-bond acceptors (Lipinski definition) is 5. The Bertz CT molecular complexity index is 1090. The number of anilines is 2. The van der Waals surface area contributed by atoms with Crippen LogP contribution in [0.4, 0.5) is 10.8 Å². The van der Waals surface area contributed by atoms with Crippen LogP contribution >= 0.6 is 11.3 Å². The Morgan fingerprint density at radius 1 is 1.12 bits per heavy atom. The number of thiazole rings is 1. The third-order valence-corrected chi connectivity index (χ3v) is 5.46. The van der Waals surface area contributed by atoms with Gasteiger partial charge in [-0.15, -0.1) is 17.9 Å². The maximum atomic E-state index is 12.8. The average Bonchev–Trinajstić information content (AvgIpc) is 3.26. The summed E-state index contributed by atoms with van der Waals surface area (Å²) in [5, 5.41) is 2.37. The molecule has 0 radical (unpaired) electrons. The lowest BCUT2D eigenvalue weighted by Crippen LogP contribution is -2.29. The van der Waals surface area contributed by atoms with Crippen LogP contribution in [0.15, 0.2) is 78.7 Å². The molecule has 3 aromatic rings. The molecule has 0 fully saturated rings. The second-order valence-electron chi connectivity index (χ2n) is 6.93. The van der Waals surface area contributed by atoms with Crippen molar-refractivity contribution < 1.29 is 14.3 Å². The standard InChI is InChI=1S/C25H25N3O3S/c1-4-16-27(17-20-10-13-23(31-3)14-11-20)24(30)15-12-21-18-32-25(26-21)28(19(2)29)22-8-6-5-7-9-22/h4-15,18H,1,16-17H2,2-3H3. The minimum Gasteiger partial charge on any atom is -0.497 e. The van der Waals surface area contributed by atoms with Gasteiger partial charge in [0.25, 0.3) is 0 Å². The lowest BCUT2D eigenvalue weighted by molar-refractivity contribution is -0.126. The first-order valence-electron chi connectivity index (χ1n) is 10.0. The Kier molecular flexibility index (Phi) is 7.94. The van der Waals surface area contributed by atoms with Crippen LogP contribution in [0.25, 0.3) is 6.08 Å². The van der Waals surface area contributed by atoms with Crippen LogP contribution in [-0.4, -0.2) is 35.4 Å². The van der Waals surface area contributed by atoms with E-state index in [9.17, 15) is 9.59 Å². The predicted octanol–water partition coefficient (Wildman–Crippen LogP) is 5.06. The summed E-state index contributed by atoms with van der Waals surface area (Å²) in [5.41, 5.74) is 2.35. The van der Waals surface area contributed by atoms with Crippen molar-refractivity contribution in [3.05, 3.63) is 90.0 Å². The number of carbonyl (C=O) groups is 2. The van der Waals surface area contributed by atoms with E-state index in [-0.39, 0.29) is 11.8 Å². The molecule has 0 saturated heterocycles. The van der Waals surface area contributed by atoms with Crippen LogP contribution in [0.2, 0.25) is 0 Å². The zero-order valence-corrected chi connectivity index (χ0v) is 18.9. The summed E-state index contributed by atoms with van der Waals surface area (Å²) < 4.78 is 5.18. The maximum absolute atomic E-state index is 12.8. The number of hydrogen-bond donors (Lipinski definition) is 0. The molecule has 7 heteroatoms. The summed E-state index contributed by atoms with van der Waals surface area (Å²) >= 11 is 1.35. The number of para-hydroxylation sites is 1. The molecule has 0 aliphatic heterocycles. The molecule has 0 spiro atoms. The Balaban J connectivity index is 1.72. The first kappa shape index (κ1) is 23.0. The van der Waals surface area contributed by atoms with Crippen molar-refractivity contribution >= 4 is 40.0 Å². The fourth-order valence-corrected chi connectivity index (χ4v) is 3.92. The van der Waals surface area contributed by atoms with Gasteiger partial charge in [-0.25, -0.2) is 4.98 Å². The van der Waals surface area contributed by atoms with Crippen molar-refractivity contribution in [2.24, 2.45) is 0 Å². The van der Waals surface area contributed by atoms with Gasteiger partial charge in [-0.05, 0) is 35.9 Å². The number of benzene rings is 2. The molecule has 2 aromatic carbocycles. The van der Waals surface area contributed by atoms with Crippen molar-refractivity contribution in [1.82, 2.24) is 9.88 Å². The first-order chi connectivity index (χ1) is 15.5. The largest absolute Gasteiger partial charge is 0.497 e. The van der Waals surface area contributed by atoms with Gasteiger partial charge in [-0.2, -0.15) is 0 Å². The van der Waals surface area contributed by atoms with Gasteiger partial charge in [0.15, 0.2) is 5.13 Å². The Hall–Kier alpha value is -3.71. The molecule has 0 bridgehead atoms. The second kappa shape index (κ2) is 11.1. The molecule has 3 rings (SSSR count). The molecule has 0 unspecified atom stereocenters. The minimum atomic E-state index is -0.151. The van der Waals surface area contributed by atoms with E-state index in [4.69, 9.17) is 4.74 Å². The number of methoxy groups -OCH3 is 1. The highest BCUT2D eigenvalue weighted by atomic mass is 32.1. The normalized spacial score (nSPS) is 10.7. The highest BCUT2D eigenvalue weighted by molar-refractivity contribution is 7.14. The molecule has 0 atom stereocenters. The summed E-state index contributed by atoms with van der Waals surface area (Å²) in [6.07, 6.45) is 4.85. The predicted molar refractivity (Wildman–Crippen MR) is 129 cm³/mol. The molecular weight excluding hydrogens is 422 g/mol. The number of amides is 2. The van der Waals surface area contributed by atoms with E-state index in [1.165, 1.54) is 24.3 Å². The highest BCUT2D eigenvalue weighted by Gasteiger charge is 2.17. The second-order valence-corrected chi connectivity index (χ2v) is 7.77. The molecule has 32 heavy (non-hydrogen) atoms. The third-order valence-electron chi connectivity index (χ3n) is 4.62. The topological polar surface area (TPSA) is 62.7 Å². The Morgan fingerprint density at radius 3 is 2.47 bits per heavy atom. The first-order valence-corrected chi connectivity index (χ1v) is 10.9. The summed E-state index contributed by atoms with van der Waals surface area (Å²) in [4.78, 5) is 32.7. The van der Waals surface area contributed by atoms with E-state index < -0.39 is 0 Å². The smallest absolute Gasteiger partial charge is 0.247 e. The van der Waals surface area contributed by atoms with Crippen molar-refractivity contribution in [3.63, 3.8) is 0 Å².